The van der Waals surface area contributed by atoms with E-state index in [4.69, 9.17) is 0 Å². The van der Waals surface area contributed by atoms with E-state index in [1.165, 1.54) is 6.07 Å². The van der Waals surface area contributed by atoms with Gasteiger partial charge in [0.15, 0.2) is 0 Å². The van der Waals surface area contributed by atoms with E-state index in [9.17, 15) is 13.6 Å². The minimum absolute atomic E-state index is 0.126. The summed E-state index contributed by atoms with van der Waals surface area (Å²) in [6, 6.07) is 7.15. The number of benzene rings is 1. The zero-order valence-corrected chi connectivity index (χ0v) is 16.4. The molecule has 3 rings (SSSR count). The van der Waals surface area contributed by atoms with Gasteiger partial charge < -0.3 is 4.57 Å². The highest BCUT2D eigenvalue weighted by atomic mass is 28.3. The molecule has 1 fully saturated rings. The molecule has 1 aliphatic rings. The van der Waals surface area contributed by atoms with Crippen molar-refractivity contribution in [3.05, 3.63) is 69.6 Å². The molecular formula is C21H23F2NOSi. The molecule has 2 aromatic rings. The van der Waals surface area contributed by atoms with E-state index in [0.717, 1.165) is 25.0 Å². The fraction of sp³-hybridized carbons (Fsp3) is 0.381. The molecule has 1 saturated carbocycles. The van der Waals surface area contributed by atoms with Crippen LogP contribution in [0.1, 0.15) is 42.3 Å². The molecule has 0 saturated heterocycles. The van der Waals surface area contributed by atoms with Gasteiger partial charge in [-0.1, -0.05) is 25.7 Å². The van der Waals surface area contributed by atoms with Gasteiger partial charge in [0.1, 0.15) is 19.7 Å². The van der Waals surface area contributed by atoms with E-state index >= 15 is 0 Å². The number of hydrogen-bond acceptors (Lipinski definition) is 1. The Kier molecular flexibility index (Phi) is 5.15. The van der Waals surface area contributed by atoms with Crippen molar-refractivity contribution in [2.24, 2.45) is 0 Å². The molecule has 0 bridgehead atoms. The molecule has 0 radical (unpaired) electrons. The lowest BCUT2D eigenvalue weighted by molar-refractivity contribution is 0.572. The average molecular weight is 372 g/mol. The molecule has 1 unspecified atom stereocenters. The van der Waals surface area contributed by atoms with Crippen LogP contribution in [0.25, 0.3) is 0 Å². The van der Waals surface area contributed by atoms with Gasteiger partial charge in [-0.2, -0.15) is 0 Å². The lowest BCUT2D eigenvalue weighted by atomic mass is 9.89. The van der Waals surface area contributed by atoms with Crippen LogP contribution >= 0.6 is 0 Å². The van der Waals surface area contributed by atoms with Gasteiger partial charge >= 0.3 is 0 Å². The van der Waals surface area contributed by atoms with Gasteiger partial charge in [0.25, 0.3) is 5.56 Å². The Labute approximate surface area is 153 Å². The second kappa shape index (κ2) is 7.20. The summed E-state index contributed by atoms with van der Waals surface area (Å²) < 4.78 is 29.9. The first kappa shape index (κ1) is 18.6. The second-order valence-electron chi connectivity index (χ2n) is 7.88. The number of rotatable bonds is 4. The van der Waals surface area contributed by atoms with Gasteiger partial charge in [-0.25, -0.2) is 8.78 Å². The summed E-state index contributed by atoms with van der Waals surface area (Å²) in [5, 5.41) is 0. The first-order valence-electron chi connectivity index (χ1n) is 8.92. The van der Waals surface area contributed by atoms with Crippen LogP contribution in [0.15, 0.2) is 41.3 Å². The van der Waals surface area contributed by atoms with Crippen LogP contribution < -0.4 is 5.56 Å². The van der Waals surface area contributed by atoms with E-state index in [-0.39, 0.29) is 17.2 Å². The maximum Gasteiger partial charge on any atom is 0.254 e. The lowest BCUT2D eigenvalue weighted by Crippen LogP contribution is -2.25. The number of aromatic nitrogens is 1. The Hall–Kier alpha value is -2.19. The van der Waals surface area contributed by atoms with Crippen molar-refractivity contribution in [1.29, 1.82) is 0 Å². The van der Waals surface area contributed by atoms with E-state index in [1.807, 2.05) is 6.07 Å². The van der Waals surface area contributed by atoms with Crippen molar-refractivity contribution in [2.45, 2.75) is 50.9 Å². The molecule has 0 spiro atoms. The zero-order chi connectivity index (χ0) is 18.9. The molecule has 26 heavy (non-hydrogen) atoms. The highest BCUT2D eigenvalue weighted by Crippen LogP contribution is 2.34. The van der Waals surface area contributed by atoms with Crippen LogP contribution in [0.4, 0.5) is 8.78 Å². The predicted octanol–water partition coefficient (Wildman–Crippen LogP) is 4.86. The van der Waals surface area contributed by atoms with Gasteiger partial charge in [0.05, 0.1) is 0 Å². The van der Waals surface area contributed by atoms with Crippen LogP contribution in [-0.2, 0) is 0 Å². The van der Waals surface area contributed by atoms with Crippen molar-refractivity contribution in [1.82, 2.24) is 4.57 Å². The lowest BCUT2D eigenvalue weighted by Gasteiger charge is -2.17. The summed E-state index contributed by atoms with van der Waals surface area (Å²) in [4.78, 5) is 12.9. The maximum absolute atomic E-state index is 14.5. The SMILES string of the molecule is C[Si](C)(C)C#CCC(c1cc(F)ccc1F)c1cccn(C2CC2)c1=O. The molecule has 2 nitrogen and oxygen atoms in total. The predicted molar refractivity (Wildman–Crippen MR) is 103 cm³/mol. The first-order chi connectivity index (χ1) is 12.3. The largest absolute Gasteiger partial charge is 0.312 e. The second-order valence-corrected chi connectivity index (χ2v) is 12.6. The van der Waals surface area contributed by atoms with Gasteiger partial charge in [-0.3, -0.25) is 4.79 Å². The Morgan fingerprint density at radius 3 is 2.58 bits per heavy atom. The standard InChI is InChI=1S/C21H23F2NOSi/c1-26(2,3)13-5-7-17(19-14-15(22)8-11-20(19)23)18-6-4-12-24(21(18)25)16-9-10-16/h4,6,8,11-12,14,16-17H,7,9-10H2,1-3H3. The van der Waals surface area contributed by atoms with Crippen molar-refractivity contribution >= 4 is 8.07 Å². The molecule has 136 valence electrons. The Morgan fingerprint density at radius 1 is 1.19 bits per heavy atom. The summed E-state index contributed by atoms with van der Waals surface area (Å²) in [6.07, 6.45) is 4.04. The van der Waals surface area contributed by atoms with Crippen LogP contribution in [-0.4, -0.2) is 12.6 Å². The van der Waals surface area contributed by atoms with Crippen LogP contribution in [0.3, 0.4) is 0 Å². The maximum atomic E-state index is 14.5. The summed E-state index contributed by atoms with van der Waals surface area (Å²) in [6.45, 7) is 6.38. The van der Waals surface area contributed by atoms with Gasteiger partial charge in [-0.15, -0.1) is 11.5 Å². The fourth-order valence-corrected chi connectivity index (χ4v) is 3.65. The number of pyridine rings is 1. The van der Waals surface area contributed by atoms with Crippen LogP contribution in [0.2, 0.25) is 19.6 Å². The molecule has 5 heteroatoms. The third kappa shape index (κ3) is 4.31. The summed E-state index contributed by atoms with van der Waals surface area (Å²) in [7, 11) is -1.60. The zero-order valence-electron chi connectivity index (χ0n) is 15.4. The third-order valence-electron chi connectivity index (χ3n) is 4.42. The molecule has 1 aromatic carbocycles. The molecule has 1 aliphatic carbocycles. The van der Waals surface area contributed by atoms with E-state index in [2.05, 4.69) is 31.1 Å². The number of hydrogen-bond donors (Lipinski definition) is 0. The fourth-order valence-electron chi connectivity index (χ4n) is 3.02. The Bertz CT molecular complexity index is 929. The first-order valence-corrected chi connectivity index (χ1v) is 12.4. The highest BCUT2D eigenvalue weighted by Gasteiger charge is 2.27. The van der Waals surface area contributed by atoms with Gasteiger partial charge in [0, 0.05) is 30.1 Å². The molecule has 1 heterocycles. The van der Waals surface area contributed by atoms with Crippen molar-refractivity contribution in [3.8, 4) is 11.5 Å². The molecule has 0 amide bonds. The average Bonchev–Trinajstić information content (AvgIpc) is 3.39. The van der Waals surface area contributed by atoms with Gasteiger partial charge in [0.2, 0.25) is 0 Å². The Morgan fingerprint density at radius 2 is 1.92 bits per heavy atom. The molecule has 1 aromatic heterocycles. The monoisotopic (exact) mass is 371 g/mol. The third-order valence-corrected chi connectivity index (χ3v) is 5.35. The minimum atomic E-state index is -1.60. The quantitative estimate of drug-likeness (QED) is 0.555. The van der Waals surface area contributed by atoms with Crippen molar-refractivity contribution < 1.29 is 8.78 Å². The number of nitrogens with zero attached hydrogens (tertiary/aromatic N) is 1. The smallest absolute Gasteiger partial charge is 0.254 e. The normalized spacial score (nSPS) is 15.3. The van der Waals surface area contributed by atoms with Crippen LogP contribution in [0, 0.1) is 23.1 Å². The summed E-state index contributed by atoms with van der Waals surface area (Å²) in [5.74, 6) is 1.54. The topological polar surface area (TPSA) is 22.0 Å². The van der Waals surface area contributed by atoms with E-state index in [1.54, 1.807) is 16.8 Å². The van der Waals surface area contributed by atoms with Crippen LogP contribution in [0.5, 0.6) is 0 Å². The molecule has 0 aliphatic heterocycles. The summed E-state index contributed by atoms with van der Waals surface area (Å²) in [5.41, 5.74) is 3.81. The number of halogens is 2. The van der Waals surface area contributed by atoms with Crippen molar-refractivity contribution in [3.63, 3.8) is 0 Å². The summed E-state index contributed by atoms with van der Waals surface area (Å²) >= 11 is 0. The molecule has 1 atom stereocenters. The van der Waals surface area contributed by atoms with E-state index < -0.39 is 25.6 Å². The Balaban J connectivity index is 2.08. The van der Waals surface area contributed by atoms with Gasteiger partial charge in [-0.05, 0) is 42.7 Å². The molecular weight excluding hydrogens is 348 g/mol. The molecule has 0 N–H and O–H groups in total. The van der Waals surface area contributed by atoms with E-state index in [0.29, 0.717) is 12.0 Å². The van der Waals surface area contributed by atoms with Crippen molar-refractivity contribution in [2.75, 3.05) is 0 Å². The highest BCUT2D eigenvalue weighted by molar-refractivity contribution is 6.83. The minimum Gasteiger partial charge on any atom is -0.312 e.